The fraction of sp³-hybridized carbons (Fsp3) is 0.286. The number of hydrogen-bond acceptors (Lipinski definition) is 3. The molecule has 1 heterocycles. The maximum absolute atomic E-state index is 11.9. The van der Waals surface area contributed by atoms with Gasteiger partial charge < -0.3 is 20.9 Å². The van der Waals surface area contributed by atoms with Gasteiger partial charge in [0.05, 0.1) is 0 Å². The van der Waals surface area contributed by atoms with Crippen molar-refractivity contribution < 1.29 is 14.4 Å². The molecule has 0 atom stereocenters. The Balaban J connectivity index is 1.34. The summed E-state index contributed by atoms with van der Waals surface area (Å²) in [7, 11) is 0. The van der Waals surface area contributed by atoms with Crippen LogP contribution in [0.15, 0.2) is 54.6 Å². The first-order chi connectivity index (χ1) is 13.6. The second-order valence-corrected chi connectivity index (χ2v) is 6.55. The van der Waals surface area contributed by atoms with Crippen molar-refractivity contribution >= 4 is 23.5 Å². The van der Waals surface area contributed by atoms with Crippen molar-refractivity contribution in [2.24, 2.45) is 0 Å². The molecule has 1 aliphatic heterocycles. The van der Waals surface area contributed by atoms with Gasteiger partial charge in [-0.25, -0.2) is 4.79 Å². The van der Waals surface area contributed by atoms with Crippen LogP contribution in [-0.4, -0.2) is 37.5 Å². The Bertz CT molecular complexity index is 821. The first-order valence-electron chi connectivity index (χ1n) is 9.38. The molecule has 2 aromatic rings. The molecule has 4 amide bonds. The molecule has 1 fully saturated rings. The van der Waals surface area contributed by atoms with E-state index in [1.54, 1.807) is 29.2 Å². The summed E-state index contributed by atoms with van der Waals surface area (Å²) in [5.74, 6) is -0.0102. The van der Waals surface area contributed by atoms with E-state index in [-0.39, 0.29) is 17.8 Å². The minimum absolute atomic E-state index is 0.157. The lowest BCUT2D eigenvalue weighted by Crippen LogP contribution is -2.40. The number of nitrogens with one attached hydrogen (secondary N) is 3. The first kappa shape index (κ1) is 19.4. The molecule has 3 rings (SSSR count). The van der Waals surface area contributed by atoms with Crippen molar-refractivity contribution in [1.29, 1.82) is 0 Å². The molecular weight excluding hydrogens is 356 g/mol. The van der Waals surface area contributed by atoms with Gasteiger partial charge in [-0.2, -0.15) is 0 Å². The van der Waals surface area contributed by atoms with E-state index in [0.29, 0.717) is 31.6 Å². The molecule has 7 heteroatoms. The van der Waals surface area contributed by atoms with Crippen LogP contribution in [0, 0.1) is 0 Å². The zero-order valence-electron chi connectivity index (χ0n) is 15.6. The average molecular weight is 380 g/mol. The normalized spacial score (nSPS) is 13.3. The predicted octanol–water partition coefficient (Wildman–Crippen LogP) is 2.04. The Morgan fingerprint density at radius 3 is 2.29 bits per heavy atom. The van der Waals surface area contributed by atoms with Crippen LogP contribution < -0.4 is 20.9 Å². The molecular formula is C21H24N4O3. The zero-order valence-corrected chi connectivity index (χ0v) is 15.6. The Kier molecular flexibility index (Phi) is 6.62. The van der Waals surface area contributed by atoms with Crippen molar-refractivity contribution in [2.45, 2.75) is 19.4 Å². The lowest BCUT2D eigenvalue weighted by atomic mass is 10.2. The highest BCUT2D eigenvalue weighted by molar-refractivity contribution is 5.95. The minimum Gasteiger partial charge on any atom is -0.350 e. The number of rotatable bonds is 7. The van der Waals surface area contributed by atoms with Gasteiger partial charge in [0, 0.05) is 43.9 Å². The van der Waals surface area contributed by atoms with E-state index in [0.717, 1.165) is 24.2 Å². The molecule has 2 aromatic carbocycles. The number of nitrogens with zero attached hydrogens (tertiary/aromatic N) is 1. The summed E-state index contributed by atoms with van der Waals surface area (Å²) in [5.41, 5.74) is 2.43. The van der Waals surface area contributed by atoms with Gasteiger partial charge in [0.15, 0.2) is 0 Å². The fourth-order valence-electron chi connectivity index (χ4n) is 3.00. The molecule has 1 aliphatic rings. The smallest absolute Gasteiger partial charge is 0.315 e. The first-order valence-corrected chi connectivity index (χ1v) is 9.38. The average Bonchev–Trinajstić information content (AvgIpc) is 3.16. The molecule has 7 nitrogen and oxygen atoms in total. The molecule has 0 unspecified atom stereocenters. The van der Waals surface area contributed by atoms with E-state index in [2.05, 4.69) is 16.0 Å². The SMILES string of the molecule is O=C(NCCNC(=O)c1ccccc1)NCc1ccc(N2CCCC2=O)cc1. The lowest BCUT2D eigenvalue weighted by Gasteiger charge is -2.16. The van der Waals surface area contributed by atoms with E-state index in [4.69, 9.17) is 0 Å². The van der Waals surface area contributed by atoms with Crippen molar-refractivity contribution in [2.75, 3.05) is 24.5 Å². The number of amides is 4. The molecule has 146 valence electrons. The topological polar surface area (TPSA) is 90.5 Å². The van der Waals surface area contributed by atoms with Gasteiger partial charge in [0.1, 0.15) is 0 Å². The fourth-order valence-corrected chi connectivity index (χ4v) is 3.00. The molecule has 0 aliphatic carbocycles. The summed E-state index contributed by atoms with van der Waals surface area (Å²) in [6, 6.07) is 16.2. The van der Waals surface area contributed by atoms with Crippen LogP contribution in [-0.2, 0) is 11.3 Å². The Hall–Kier alpha value is -3.35. The summed E-state index contributed by atoms with van der Waals surface area (Å²) < 4.78 is 0. The molecule has 0 radical (unpaired) electrons. The van der Waals surface area contributed by atoms with Crippen LogP contribution in [0.5, 0.6) is 0 Å². The van der Waals surface area contributed by atoms with Crippen molar-refractivity contribution in [3.05, 3.63) is 65.7 Å². The molecule has 0 spiro atoms. The van der Waals surface area contributed by atoms with Crippen LogP contribution in [0.4, 0.5) is 10.5 Å². The molecule has 3 N–H and O–H groups in total. The molecule has 28 heavy (non-hydrogen) atoms. The van der Waals surface area contributed by atoms with Gasteiger partial charge in [0.25, 0.3) is 5.91 Å². The van der Waals surface area contributed by atoms with Crippen LogP contribution in [0.25, 0.3) is 0 Å². The molecule has 0 aromatic heterocycles. The molecule has 1 saturated heterocycles. The maximum atomic E-state index is 11.9. The van der Waals surface area contributed by atoms with Crippen molar-refractivity contribution in [3.8, 4) is 0 Å². The highest BCUT2D eigenvalue weighted by Gasteiger charge is 2.21. The van der Waals surface area contributed by atoms with Gasteiger partial charge in [0.2, 0.25) is 5.91 Å². The zero-order chi connectivity index (χ0) is 19.8. The number of urea groups is 1. The molecule has 0 saturated carbocycles. The summed E-state index contributed by atoms with van der Waals surface area (Å²) in [4.78, 5) is 37.3. The number of carbonyl (C=O) groups excluding carboxylic acids is 3. The van der Waals surface area contributed by atoms with Crippen molar-refractivity contribution in [3.63, 3.8) is 0 Å². The van der Waals surface area contributed by atoms with Gasteiger partial charge >= 0.3 is 6.03 Å². The molecule has 0 bridgehead atoms. The lowest BCUT2D eigenvalue weighted by molar-refractivity contribution is -0.117. The van der Waals surface area contributed by atoms with E-state index < -0.39 is 0 Å². The van der Waals surface area contributed by atoms with E-state index in [1.165, 1.54) is 0 Å². The monoisotopic (exact) mass is 380 g/mol. The maximum Gasteiger partial charge on any atom is 0.315 e. The largest absolute Gasteiger partial charge is 0.350 e. The van der Waals surface area contributed by atoms with Crippen LogP contribution >= 0.6 is 0 Å². The van der Waals surface area contributed by atoms with E-state index >= 15 is 0 Å². The summed E-state index contributed by atoms with van der Waals surface area (Å²) >= 11 is 0. The van der Waals surface area contributed by atoms with Crippen LogP contribution in [0.2, 0.25) is 0 Å². The quantitative estimate of drug-likeness (QED) is 0.642. The van der Waals surface area contributed by atoms with Gasteiger partial charge in [-0.1, -0.05) is 30.3 Å². The second kappa shape index (κ2) is 9.55. The van der Waals surface area contributed by atoms with Gasteiger partial charge in [-0.3, -0.25) is 9.59 Å². The van der Waals surface area contributed by atoms with E-state index in [9.17, 15) is 14.4 Å². The van der Waals surface area contributed by atoms with Crippen LogP contribution in [0.1, 0.15) is 28.8 Å². The Morgan fingerprint density at radius 2 is 1.61 bits per heavy atom. The highest BCUT2D eigenvalue weighted by atomic mass is 16.2. The third-order valence-electron chi connectivity index (χ3n) is 4.51. The van der Waals surface area contributed by atoms with Crippen molar-refractivity contribution in [1.82, 2.24) is 16.0 Å². The predicted molar refractivity (Wildman–Crippen MR) is 107 cm³/mol. The Labute approximate surface area is 164 Å². The number of anilines is 1. The second-order valence-electron chi connectivity index (χ2n) is 6.55. The standard InChI is InChI=1S/C21H24N4O3/c26-19-7-4-14-25(19)18-10-8-16(9-11-18)15-24-21(28)23-13-12-22-20(27)17-5-2-1-3-6-17/h1-3,5-6,8-11H,4,7,12-15H2,(H,22,27)(H2,23,24,28). The van der Waals surface area contributed by atoms with E-state index in [1.807, 2.05) is 30.3 Å². The number of benzene rings is 2. The summed E-state index contributed by atoms with van der Waals surface area (Å²) in [5, 5.41) is 8.23. The third kappa shape index (κ3) is 5.33. The third-order valence-corrected chi connectivity index (χ3v) is 4.51. The summed E-state index contributed by atoms with van der Waals surface area (Å²) in [6.45, 7) is 1.83. The summed E-state index contributed by atoms with van der Waals surface area (Å²) in [6.07, 6.45) is 1.50. The highest BCUT2D eigenvalue weighted by Crippen LogP contribution is 2.21. The number of carbonyl (C=O) groups is 3. The van der Waals surface area contributed by atoms with Crippen LogP contribution in [0.3, 0.4) is 0 Å². The number of hydrogen-bond donors (Lipinski definition) is 3. The minimum atomic E-state index is -0.298. The Morgan fingerprint density at radius 1 is 0.893 bits per heavy atom. The van der Waals surface area contributed by atoms with Gasteiger partial charge in [-0.05, 0) is 36.2 Å². The van der Waals surface area contributed by atoms with Gasteiger partial charge in [-0.15, -0.1) is 0 Å².